The number of nitrogens with zero attached hydrogens (tertiary/aromatic N) is 4. The number of para-hydroxylation sites is 1. The van der Waals surface area contributed by atoms with Gasteiger partial charge in [-0.25, -0.2) is 9.67 Å². The van der Waals surface area contributed by atoms with E-state index < -0.39 is 6.04 Å². The van der Waals surface area contributed by atoms with Gasteiger partial charge in [-0.05, 0) is 61.0 Å². The molecule has 0 N–H and O–H groups in total. The standard InChI is InChI=1S/C34H25BrN4O2/c1-21-28-29-30(31(22-9-5-3-6-10-22)36-33(28)39(37-21)26-11-7-4-8-12-26)34(40)38(25-17-15-24(35)16-18-25)32(29)23-13-19-27(41-2)20-14-23/h3-20,32H,1-2H3. The van der Waals surface area contributed by atoms with Crippen LogP contribution in [0.3, 0.4) is 0 Å². The Morgan fingerprint density at radius 1 is 0.805 bits per heavy atom. The Labute approximate surface area is 246 Å². The molecule has 2 aromatic heterocycles. The number of hydrogen-bond acceptors (Lipinski definition) is 4. The molecule has 1 unspecified atom stereocenters. The predicted molar refractivity (Wildman–Crippen MR) is 165 cm³/mol. The number of amides is 1. The molecule has 7 rings (SSSR count). The van der Waals surface area contributed by atoms with Gasteiger partial charge < -0.3 is 4.74 Å². The summed E-state index contributed by atoms with van der Waals surface area (Å²) in [5, 5.41) is 5.85. The minimum Gasteiger partial charge on any atom is -0.497 e. The van der Waals surface area contributed by atoms with Crippen molar-refractivity contribution in [3.05, 3.63) is 136 Å². The molecule has 0 saturated heterocycles. The number of methoxy groups -OCH3 is 1. The Morgan fingerprint density at radius 3 is 2.12 bits per heavy atom. The smallest absolute Gasteiger partial charge is 0.261 e. The number of pyridine rings is 1. The summed E-state index contributed by atoms with van der Waals surface area (Å²) in [6.45, 7) is 1.99. The largest absolute Gasteiger partial charge is 0.497 e. The van der Waals surface area contributed by atoms with Crippen LogP contribution in [0.5, 0.6) is 5.75 Å². The molecule has 7 heteroatoms. The number of fused-ring (bicyclic) bond motifs is 3. The fourth-order valence-electron chi connectivity index (χ4n) is 5.73. The minimum absolute atomic E-state index is 0.0942. The second-order valence-electron chi connectivity index (χ2n) is 9.97. The molecular formula is C34H25BrN4O2. The molecule has 0 saturated carbocycles. The van der Waals surface area contributed by atoms with Gasteiger partial charge in [-0.3, -0.25) is 9.69 Å². The lowest BCUT2D eigenvalue weighted by molar-refractivity contribution is 0.0994. The third-order valence-corrected chi connectivity index (χ3v) is 8.11. The Bertz CT molecular complexity index is 1900. The maximum Gasteiger partial charge on any atom is 0.261 e. The maximum atomic E-state index is 14.6. The normalized spacial score (nSPS) is 14.5. The van der Waals surface area contributed by atoms with Crippen molar-refractivity contribution in [2.45, 2.75) is 13.0 Å². The van der Waals surface area contributed by atoms with Gasteiger partial charge in [0.15, 0.2) is 5.65 Å². The van der Waals surface area contributed by atoms with Gasteiger partial charge in [0.2, 0.25) is 0 Å². The van der Waals surface area contributed by atoms with Gasteiger partial charge in [0.1, 0.15) is 5.75 Å². The van der Waals surface area contributed by atoms with E-state index in [-0.39, 0.29) is 5.91 Å². The molecule has 0 radical (unpaired) electrons. The number of aromatic nitrogens is 3. The van der Waals surface area contributed by atoms with E-state index in [0.29, 0.717) is 11.3 Å². The van der Waals surface area contributed by atoms with E-state index in [9.17, 15) is 4.79 Å². The molecular weight excluding hydrogens is 576 g/mol. The summed E-state index contributed by atoms with van der Waals surface area (Å²) in [6, 6.07) is 35.3. The summed E-state index contributed by atoms with van der Waals surface area (Å²) >= 11 is 3.54. The van der Waals surface area contributed by atoms with Crippen LogP contribution in [-0.4, -0.2) is 27.8 Å². The second kappa shape index (κ2) is 10.0. The summed E-state index contributed by atoms with van der Waals surface area (Å²) in [6.07, 6.45) is 0. The van der Waals surface area contributed by atoms with E-state index in [1.807, 2.05) is 126 Å². The second-order valence-corrected chi connectivity index (χ2v) is 10.9. The van der Waals surface area contributed by atoms with Gasteiger partial charge in [-0.2, -0.15) is 5.10 Å². The number of benzene rings is 4. The van der Waals surface area contributed by atoms with Gasteiger partial charge in [0.25, 0.3) is 5.91 Å². The predicted octanol–water partition coefficient (Wildman–Crippen LogP) is 7.92. The number of rotatable bonds is 5. The van der Waals surface area contributed by atoms with Crippen LogP contribution in [-0.2, 0) is 0 Å². The number of aryl methyl sites for hydroxylation is 1. The topological polar surface area (TPSA) is 60.3 Å². The molecule has 1 amide bonds. The first-order chi connectivity index (χ1) is 20.0. The number of carbonyl (C=O) groups excluding carboxylic acids is 1. The lowest BCUT2D eigenvalue weighted by Gasteiger charge is -2.26. The van der Waals surface area contributed by atoms with E-state index in [0.717, 1.165) is 55.0 Å². The molecule has 6 aromatic rings. The SMILES string of the molecule is COc1ccc(C2c3c(c(-c4ccccc4)nc4c3c(C)nn4-c3ccccc3)C(=O)N2c2ccc(Br)cc2)cc1. The molecule has 200 valence electrons. The summed E-state index contributed by atoms with van der Waals surface area (Å²) in [5.74, 6) is 0.662. The highest BCUT2D eigenvalue weighted by molar-refractivity contribution is 9.10. The molecule has 3 heterocycles. The minimum atomic E-state index is -0.398. The Morgan fingerprint density at radius 2 is 1.46 bits per heavy atom. The quantitative estimate of drug-likeness (QED) is 0.202. The number of hydrogen-bond donors (Lipinski definition) is 0. The molecule has 0 spiro atoms. The molecule has 0 aliphatic carbocycles. The number of halogens is 1. The number of carbonyl (C=O) groups is 1. The van der Waals surface area contributed by atoms with Crippen LogP contribution in [0.15, 0.2) is 114 Å². The van der Waals surface area contributed by atoms with Gasteiger partial charge in [0.05, 0.1) is 35.8 Å². The third-order valence-electron chi connectivity index (χ3n) is 7.58. The molecule has 1 aliphatic heterocycles. The molecule has 1 aliphatic rings. The van der Waals surface area contributed by atoms with Crippen molar-refractivity contribution in [3.8, 4) is 22.7 Å². The summed E-state index contributed by atoms with van der Waals surface area (Å²) < 4.78 is 8.29. The van der Waals surface area contributed by atoms with Gasteiger partial charge in [-0.1, -0.05) is 76.6 Å². The number of ether oxygens (including phenoxy) is 1. The highest BCUT2D eigenvalue weighted by Crippen LogP contribution is 2.48. The zero-order chi connectivity index (χ0) is 28.1. The fraction of sp³-hybridized carbons (Fsp3) is 0.0882. The lowest BCUT2D eigenvalue weighted by Crippen LogP contribution is -2.28. The zero-order valence-electron chi connectivity index (χ0n) is 22.5. The van der Waals surface area contributed by atoms with Crippen LogP contribution >= 0.6 is 15.9 Å². The van der Waals surface area contributed by atoms with Crippen LogP contribution in [0.2, 0.25) is 0 Å². The Balaban J connectivity index is 1.59. The Hall–Kier alpha value is -4.75. The van der Waals surface area contributed by atoms with Crippen molar-refractivity contribution in [3.63, 3.8) is 0 Å². The first-order valence-electron chi connectivity index (χ1n) is 13.3. The van der Waals surface area contributed by atoms with Gasteiger partial charge >= 0.3 is 0 Å². The van der Waals surface area contributed by atoms with Gasteiger partial charge in [0, 0.05) is 26.7 Å². The summed E-state index contributed by atoms with van der Waals surface area (Å²) in [5.41, 5.74) is 7.25. The zero-order valence-corrected chi connectivity index (χ0v) is 24.0. The average Bonchev–Trinajstić information content (AvgIpc) is 3.52. The van der Waals surface area contributed by atoms with E-state index in [1.165, 1.54) is 0 Å². The highest BCUT2D eigenvalue weighted by atomic mass is 79.9. The summed E-state index contributed by atoms with van der Waals surface area (Å²) in [4.78, 5) is 21.7. The molecule has 4 aromatic carbocycles. The van der Waals surface area contributed by atoms with Crippen molar-refractivity contribution >= 4 is 38.6 Å². The van der Waals surface area contributed by atoms with Crippen molar-refractivity contribution < 1.29 is 9.53 Å². The van der Waals surface area contributed by atoms with E-state index in [1.54, 1.807) is 7.11 Å². The van der Waals surface area contributed by atoms with Crippen molar-refractivity contribution in [2.75, 3.05) is 12.0 Å². The van der Waals surface area contributed by atoms with E-state index in [4.69, 9.17) is 14.8 Å². The first-order valence-corrected chi connectivity index (χ1v) is 14.1. The Kier molecular flexibility index (Phi) is 6.16. The monoisotopic (exact) mass is 600 g/mol. The van der Waals surface area contributed by atoms with Crippen LogP contribution in [0.4, 0.5) is 5.69 Å². The van der Waals surface area contributed by atoms with Crippen molar-refractivity contribution in [1.82, 2.24) is 14.8 Å². The van der Waals surface area contributed by atoms with Crippen LogP contribution < -0.4 is 9.64 Å². The average molecular weight is 602 g/mol. The van der Waals surface area contributed by atoms with Gasteiger partial charge in [-0.15, -0.1) is 0 Å². The molecule has 0 bridgehead atoms. The van der Waals surface area contributed by atoms with Crippen LogP contribution in [0, 0.1) is 6.92 Å². The van der Waals surface area contributed by atoms with Crippen molar-refractivity contribution in [1.29, 1.82) is 0 Å². The summed E-state index contributed by atoms with van der Waals surface area (Å²) in [7, 11) is 1.65. The fourth-order valence-corrected chi connectivity index (χ4v) is 5.99. The molecule has 41 heavy (non-hydrogen) atoms. The first kappa shape index (κ1) is 25.2. The maximum absolute atomic E-state index is 14.6. The van der Waals surface area contributed by atoms with Crippen LogP contribution in [0.25, 0.3) is 28.0 Å². The van der Waals surface area contributed by atoms with Crippen molar-refractivity contribution in [2.24, 2.45) is 0 Å². The highest BCUT2D eigenvalue weighted by Gasteiger charge is 2.44. The number of anilines is 1. The molecule has 0 fully saturated rings. The lowest BCUT2D eigenvalue weighted by atomic mass is 9.92. The van der Waals surface area contributed by atoms with E-state index in [2.05, 4.69) is 15.9 Å². The molecule has 6 nitrogen and oxygen atoms in total. The molecule has 1 atom stereocenters. The van der Waals surface area contributed by atoms with E-state index >= 15 is 0 Å². The third kappa shape index (κ3) is 4.12. The van der Waals surface area contributed by atoms with Crippen LogP contribution in [0.1, 0.15) is 33.2 Å².